The maximum atomic E-state index is 13.3. The van der Waals surface area contributed by atoms with Gasteiger partial charge in [-0.3, -0.25) is 9.48 Å². The standard InChI is InChI=1S/C20H28N4O.ClH/c1-15(2)12-24(13-16-7-5-4-6-8-16)20(25)19-11-21-10-18(19)17-9-22-23(3)14-17;/h4-9,14-15,18-19,21H,10-13H2,1-3H3;1H/t18-,19+;/m1./s1. The highest BCUT2D eigenvalue weighted by Gasteiger charge is 2.37. The lowest BCUT2D eigenvalue weighted by atomic mass is 9.89. The van der Waals surface area contributed by atoms with Crippen molar-refractivity contribution in [1.82, 2.24) is 20.0 Å². The number of aryl methyl sites for hydroxylation is 1. The van der Waals surface area contributed by atoms with Gasteiger partial charge in [-0.2, -0.15) is 5.10 Å². The molecule has 1 aromatic heterocycles. The van der Waals surface area contributed by atoms with Crippen LogP contribution in [0.15, 0.2) is 42.7 Å². The number of rotatable bonds is 6. The third-order valence-electron chi connectivity index (χ3n) is 4.80. The molecule has 0 spiro atoms. The fourth-order valence-corrected chi connectivity index (χ4v) is 3.63. The summed E-state index contributed by atoms with van der Waals surface area (Å²) in [5, 5.41) is 7.68. The second-order valence-corrected chi connectivity index (χ2v) is 7.42. The van der Waals surface area contributed by atoms with Crippen LogP contribution in [-0.2, 0) is 18.4 Å². The fourth-order valence-electron chi connectivity index (χ4n) is 3.63. The van der Waals surface area contributed by atoms with Gasteiger partial charge in [0, 0.05) is 45.3 Å². The van der Waals surface area contributed by atoms with Gasteiger partial charge in [-0.25, -0.2) is 0 Å². The fraction of sp³-hybridized carbons (Fsp3) is 0.500. The van der Waals surface area contributed by atoms with E-state index in [0.29, 0.717) is 12.5 Å². The predicted molar refractivity (Wildman–Crippen MR) is 106 cm³/mol. The lowest BCUT2D eigenvalue weighted by Crippen LogP contribution is -2.40. The van der Waals surface area contributed by atoms with Gasteiger partial charge in [0.05, 0.1) is 12.1 Å². The van der Waals surface area contributed by atoms with Crippen LogP contribution in [0.1, 0.15) is 30.9 Å². The van der Waals surface area contributed by atoms with Crippen molar-refractivity contribution in [2.75, 3.05) is 19.6 Å². The van der Waals surface area contributed by atoms with Gasteiger partial charge in [0.15, 0.2) is 0 Å². The number of carbonyl (C=O) groups excluding carboxylic acids is 1. The normalized spacial score (nSPS) is 19.4. The molecule has 1 aliphatic rings. The van der Waals surface area contributed by atoms with Gasteiger partial charge >= 0.3 is 0 Å². The molecular formula is C20H29ClN4O. The second-order valence-electron chi connectivity index (χ2n) is 7.42. The molecule has 1 saturated heterocycles. The van der Waals surface area contributed by atoms with Crippen LogP contribution >= 0.6 is 12.4 Å². The smallest absolute Gasteiger partial charge is 0.227 e. The van der Waals surface area contributed by atoms with E-state index >= 15 is 0 Å². The van der Waals surface area contributed by atoms with Gasteiger partial charge < -0.3 is 10.2 Å². The Labute approximate surface area is 162 Å². The van der Waals surface area contributed by atoms with E-state index in [-0.39, 0.29) is 30.2 Å². The van der Waals surface area contributed by atoms with E-state index in [1.807, 2.05) is 47.2 Å². The molecule has 5 nitrogen and oxygen atoms in total. The Kier molecular flexibility index (Phi) is 7.23. The number of nitrogens with zero attached hydrogens (tertiary/aromatic N) is 3. The molecule has 2 atom stereocenters. The van der Waals surface area contributed by atoms with Crippen molar-refractivity contribution in [3.63, 3.8) is 0 Å². The number of amides is 1. The Bertz CT molecular complexity index is 701. The van der Waals surface area contributed by atoms with Crippen molar-refractivity contribution in [3.05, 3.63) is 53.9 Å². The number of hydrogen-bond acceptors (Lipinski definition) is 3. The van der Waals surface area contributed by atoms with Crippen molar-refractivity contribution in [1.29, 1.82) is 0 Å². The highest BCUT2D eigenvalue weighted by molar-refractivity contribution is 5.85. The maximum absolute atomic E-state index is 13.3. The number of nitrogens with one attached hydrogen (secondary N) is 1. The van der Waals surface area contributed by atoms with E-state index in [0.717, 1.165) is 25.2 Å². The lowest BCUT2D eigenvalue weighted by molar-refractivity contribution is -0.136. The Morgan fingerprint density at radius 1 is 1.31 bits per heavy atom. The molecule has 1 fully saturated rings. The Balaban J connectivity index is 0.00000243. The minimum absolute atomic E-state index is 0. The molecular weight excluding hydrogens is 348 g/mol. The minimum Gasteiger partial charge on any atom is -0.338 e. The molecule has 6 heteroatoms. The van der Waals surface area contributed by atoms with Crippen molar-refractivity contribution in [3.8, 4) is 0 Å². The third kappa shape index (κ3) is 4.86. The quantitative estimate of drug-likeness (QED) is 0.843. The first-order chi connectivity index (χ1) is 12.0. The summed E-state index contributed by atoms with van der Waals surface area (Å²) >= 11 is 0. The van der Waals surface area contributed by atoms with Crippen LogP contribution in [0.3, 0.4) is 0 Å². The van der Waals surface area contributed by atoms with Crippen molar-refractivity contribution >= 4 is 18.3 Å². The molecule has 1 amide bonds. The van der Waals surface area contributed by atoms with Crippen molar-refractivity contribution < 1.29 is 4.79 Å². The van der Waals surface area contributed by atoms with Gasteiger partial charge in [-0.05, 0) is 17.0 Å². The van der Waals surface area contributed by atoms with E-state index in [4.69, 9.17) is 0 Å². The van der Waals surface area contributed by atoms with E-state index in [2.05, 4.69) is 36.4 Å². The SMILES string of the molecule is CC(C)CN(Cc1ccccc1)C(=O)[C@H]1CNC[C@@H]1c1cnn(C)c1.Cl. The highest BCUT2D eigenvalue weighted by Crippen LogP contribution is 2.30. The molecule has 0 radical (unpaired) electrons. The summed E-state index contributed by atoms with van der Waals surface area (Å²) in [6.45, 7) is 7.36. The third-order valence-corrected chi connectivity index (χ3v) is 4.80. The van der Waals surface area contributed by atoms with E-state index < -0.39 is 0 Å². The first-order valence-electron chi connectivity index (χ1n) is 9.06. The van der Waals surface area contributed by atoms with Crippen LogP contribution in [0.2, 0.25) is 0 Å². The molecule has 2 heterocycles. The zero-order valence-electron chi connectivity index (χ0n) is 15.8. The number of carbonyl (C=O) groups is 1. The lowest BCUT2D eigenvalue weighted by Gasteiger charge is -2.29. The summed E-state index contributed by atoms with van der Waals surface area (Å²) < 4.78 is 1.81. The van der Waals surface area contributed by atoms with Crippen LogP contribution in [0.4, 0.5) is 0 Å². The summed E-state index contributed by atoms with van der Waals surface area (Å²) in [5.41, 5.74) is 2.33. The zero-order valence-corrected chi connectivity index (χ0v) is 16.6. The first-order valence-corrected chi connectivity index (χ1v) is 9.06. The van der Waals surface area contributed by atoms with Gasteiger partial charge in [0.1, 0.15) is 0 Å². The average molecular weight is 377 g/mol. The number of halogens is 1. The Morgan fingerprint density at radius 2 is 2.04 bits per heavy atom. The van der Waals surface area contributed by atoms with E-state index in [1.165, 1.54) is 5.56 Å². The average Bonchev–Trinajstić information content (AvgIpc) is 3.22. The molecule has 1 aromatic carbocycles. The van der Waals surface area contributed by atoms with Crippen LogP contribution in [0, 0.1) is 11.8 Å². The van der Waals surface area contributed by atoms with E-state index in [9.17, 15) is 4.79 Å². The molecule has 0 unspecified atom stereocenters. The van der Waals surface area contributed by atoms with Crippen LogP contribution < -0.4 is 5.32 Å². The summed E-state index contributed by atoms with van der Waals surface area (Å²) in [4.78, 5) is 15.4. The van der Waals surface area contributed by atoms with Gasteiger partial charge in [0.25, 0.3) is 0 Å². The minimum atomic E-state index is -0.0216. The molecule has 2 aromatic rings. The summed E-state index contributed by atoms with van der Waals surface area (Å²) in [6, 6.07) is 10.3. The Morgan fingerprint density at radius 3 is 2.65 bits per heavy atom. The van der Waals surface area contributed by atoms with E-state index in [1.54, 1.807) is 0 Å². The predicted octanol–water partition coefficient (Wildman–Crippen LogP) is 2.83. The Hall–Kier alpha value is -1.85. The van der Waals surface area contributed by atoms with Crippen LogP contribution in [0.25, 0.3) is 0 Å². The topological polar surface area (TPSA) is 50.2 Å². The summed E-state index contributed by atoms with van der Waals surface area (Å²) in [6.07, 6.45) is 3.92. The maximum Gasteiger partial charge on any atom is 0.227 e. The molecule has 0 bridgehead atoms. The molecule has 142 valence electrons. The van der Waals surface area contributed by atoms with Crippen LogP contribution in [0.5, 0.6) is 0 Å². The zero-order chi connectivity index (χ0) is 17.8. The number of benzene rings is 1. The first kappa shape index (κ1) is 20.5. The number of hydrogen-bond donors (Lipinski definition) is 1. The molecule has 26 heavy (non-hydrogen) atoms. The molecule has 0 aliphatic carbocycles. The monoisotopic (exact) mass is 376 g/mol. The molecule has 0 saturated carbocycles. The van der Waals surface area contributed by atoms with Gasteiger partial charge in [0.2, 0.25) is 5.91 Å². The highest BCUT2D eigenvalue weighted by atomic mass is 35.5. The van der Waals surface area contributed by atoms with Crippen LogP contribution in [-0.4, -0.2) is 40.2 Å². The number of aromatic nitrogens is 2. The van der Waals surface area contributed by atoms with Crippen molar-refractivity contribution in [2.45, 2.75) is 26.3 Å². The van der Waals surface area contributed by atoms with Crippen molar-refractivity contribution in [2.24, 2.45) is 18.9 Å². The van der Waals surface area contributed by atoms with Gasteiger partial charge in [-0.1, -0.05) is 44.2 Å². The second kappa shape index (κ2) is 9.19. The molecule has 3 rings (SSSR count). The molecule has 1 aliphatic heterocycles. The summed E-state index contributed by atoms with van der Waals surface area (Å²) in [5.74, 6) is 0.869. The molecule has 1 N–H and O–H groups in total. The summed E-state index contributed by atoms with van der Waals surface area (Å²) in [7, 11) is 1.92. The largest absolute Gasteiger partial charge is 0.338 e. The van der Waals surface area contributed by atoms with Gasteiger partial charge in [-0.15, -0.1) is 12.4 Å².